The first-order valence-electron chi connectivity index (χ1n) is 6.89. The Morgan fingerprint density at radius 1 is 1.37 bits per heavy atom. The van der Waals surface area contributed by atoms with Gasteiger partial charge in [0.15, 0.2) is 0 Å². The lowest BCUT2D eigenvalue weighted by Crippen LogP contribution is -2.08. The number of aromatic nitrogens is 4. The van der Waals surface area contributed by atoms with Gasteiger partial charge in [-0.1, -0.05) is 27.2 Å². The Bertz CT molecular complexity index is 550. The summed E-state index contributed by atoms with van der Waals surface area (Å²) < 4.78 is 3.92. The fourth-order valence-corrected chi connectivity index (χ4v) is 2.23. The molecule has 2 heterocycles. The maximum absolute atomic E-state index is 6.29. The molecule has 0 saturated heterocycles. The summed E-state index contributed by atoms with van der Waals surface area (Å²) in [6.45, 7) is 7.42. The minimum atomic E-state index is 0.365. The average molecular weight is 261 g/mol. The molecule has 0 radical (unpaired) electrons. The van der Waals surface area contributed by atoms with Crippen LogP contribution in [0.15, 0.2) is 12.4 Å². The summed E-state index contributed by atoms with van der Waals surface area (Å²) in [5.74, 6) is 2.18. The van der Waals surface area contributed by atoms with Crippen LogP contribution >= 0.6 is 0 Å². The maximum Gasteiger partial charge on any atom is 0.131 e. The molecule has 2 rings (SSSR count). The van der Waals surface area contributed by atoms with Gasteiger partial charge >= 0.3 is 0 Å². The molecule has 5 heteroatoms. The van der Waals surface area contributed by atoms with Crippen molar-refractivity contribution >= 4 is 5.82 Å². The van der Waals surface area contributed by atoms with Crippen LogP contribution in [0.4, 0.5) is 5.82 Å². The summed E-state index contributed by atoms with van der Waals surface area (Å²) in [5, 5.41) is 4.19. The Morgan fingerprint density at radius 2 is 2.11 bits per heavy atom. The molecule has 0 atom stereocenters. The Balaban J connectivity index is 2.45. The van der Waals surface area contributed by atoms with Crippen LogP contribution in [0, 0.1) is 0 Å². The van der Waals surface area contributed by atoms with E-state index in [0.717, 1.165) is 42.3 Å². The number of nitrogens with zero attached hydrogens (tertiary/aromatic N) is 4. The van der Waals surface area contributed by atoms with Gasteiger partial charge in [0.2, 0.25) is 0 Å². The number of hydrogen-bond donors (Lipinski definition) is 1. The van der Waals surface area contributed by atoms with Crippen LogP contribution in [0.3, 0.4) is 0 Å². The Morgan fingerprint density at radius 3 is 2.63 bits per heavy atom. The fraction of sp³-hybridized carbons (Fsp3) is 0.571. The molecule has 2 N–H and O–H groups in total. The van der Waals surface area contributed by atoms with Gasteiger partial charge in [-0.15, -0.1) is 0 Å². The summed E-state index contributed by atoms with van der Waals surface area (Å²) in [6, 6.07) is 0. The molecule has 0 saturated carbocycles. The summed E-state index contributed by atoms with van der Waals surface area (Å²) >= 11 is 0. The lowest BCUT2D eigenvalue weighted by atomic mass is 10.2. The summed E-state index contributed by atoms with van der Waals surface area (Å²) in [7, 11) is 1.90. The molecule has 0 spiro atoms. The van der Waals surface area contributed by atoms with Crippen molar-refractivity contribution in [2.24, 2.45) is 7.05 Å². The van der Waals surface area contributed by atoms with Gasteiger partial charge in [0.1, 0.15) is 17.3 Å². The first-order chi connectivity index (χ1) is 9.04. The van der Waals surface area contributed by atoms with Crippen molar-refractivity contribution in [1.82, 2.24) is 19.3 Å². The second kappa shape index (κ2) is 5.47. The smallest absolute Gasteiger partial charge is 0.131 e. The van der Waals surface area contributed by atoms with Crippen LogP contribution in [-0.2, 0) is 13.6 Å². The van der Waals surface area contributed by atoms with E-state index in [2.05, 4.69) is 30.4 Å². The first kappa shape index (κ1) is 13.6. The Kier molecular flexibility index (Phi) is 3.93. The van der Waals surface area contributed by atoms with Gasteiger partial charge in [-0.05, 0) is 6.42 Å². The lowest BCUT2D eigenvalue weighted by molar-refractivity contribution is 0.588. The van der Waals surface area contributed by atoms with Gasteiger partial charge in [0, 0.05) is 31.3 Å². The van der Waals surface area contributed by atoms with Crippen molar-refractivity contribution in [3.8, 4) is 11.3 Å². The van der Waals surface area contributed by atoms with Crippen molar-refractivity contribution < 1.29 is 0 Å². The number of anilines is 1. The van der Waals surface area contributed by atoms with Crippen LogP contribution in [0.2, 0.25) is 0 Å². The average Bonchev–Trinajstić information content (AvgIpc) is 2.91. The Labute approximate surface area is 114 Å². The largest absolute Gasteiger partial charge is 0.383 e. The molecule has 0 amide bonds. The van der Waals surface area contributed by atoms with Gasteiger partial charge in [-0.3, -0.25) is 4.68 Å². The highest BCUT2D eigenvalue weighted by Gasteiger charge is 2.18. The number of nitrogens with two attached hydrogens (primary N) is 1. The highest BCUT2D eigenvalue weighted by Crippen LogP contribution is 2.29. The summed E-state index contributed by atoms with van der Waals surface area (Å²) in [5.41, 5.74) is 8.13. The third-order valence-corrected chi connectivity index (χ3v) is 3.27. The predicted octanol–water partition coefficient (Wildman–Crippen LogP) is 2.79. The van der Waals surface area contributed by atoms with Gasteiger partial charge < -0.3 is 10.3 Å². The van der Waals surface area contributed by atoms with Crippen LogP contribution in [-0.4, -0.2) is 19.3 Å². The van der Waals surface area contributed by atoms with E-state index in [9.17, 15) is 0 Å². The van der Waals surface area contributed by atoms with Crippen LogP contribution in [0.5, 0.6) is 0 Å². The van der Waals surface area contributed by atoms with E-state index in [1.165, 1.54) is 0 Å². The number of hydrogen-bond acceptors (Lipinski definition) is 3. The molecule has 0 aliphatic carbocycles. The number of nitrogen functional groups attached to an aromatic ring is 1. The van der Waals surface area contributed by atoms with Gasteiger partial charge in [0.25, 0.3) is 0 Å². The number of unbranched alkanes of at least 4 members (excludes halogenated alkanes) is 1. The van der Waals surface area contributed by atoms with E-state index < -0.39 is 0 Å². The van der Waals surface area contributed by atoms with Crippen molar-refractivity contribution in [1.29, 1.82) is 0 Å². The molecular weight excluding hydrogens is 238 g/mol. The van der Waals surface area contributed by atoms with Gasteiger partial charge in [-0.25, -0.2) is 4.98 Å². The van der Waals surface area contributed by atoms with Crippen molar-refractivity contribution in [2.45, 2.75) is 46.1 Å². The normalized spacial score (nSPS) is 11.4. The minimum Gasteiger partial charge on any atom is -0.383 e. The lowest BCUT2D eigenvalue weighted by Gasteiger charge is -2.11. The van der Waals surface area contributed by atoms with E-state index in [1.54, 1.807) is 4.68 Å². The second-order valence-electron chi connectivity index (χ2n) is 5.27. The summed E-state index contributed by atoms with van der Waals surface area (Å²) in [4.78, 5) is 4.73. The zero-order valence-corrected chi connectivity index (χ0v) is 12.2. The molecule has 0 bridgehead atoms. The van der Waals surface area contributed by atoms with Crippen molar-refractivity contribution in [2.75, 3.05) is 5.73 Å². The van der Waals surface area contributed by atoms with Gasteiger partial charge in [0.05, 0.1) is 6.20 Å². The molecule has 0 unspecified atom stereocenters. The molecule has 104 valence electrons. The van der Waals surface area contributed by atoms with E-state index in [-0.39, 0.29) is 0 Å². The Hall–Kier alpha value is -1.78. The van der Waals surface area contributed by atoms with Crippen LogP contribution in [0.25, 0.3) is 11.3 Å². The van der Waals surface area contributed by atoms with E-state index >= 15 is 0 Å². The van der Waals surface area contributed by atoms with Crippen molar-refractivity contribution in [3.05, 3.63) is 18.2 Å². The molecule has 0 aromatic carbocycles. The monoisotopic (exact) mass is 261 g/mol. The van der Waals surface area contributed by atoms with E-state index in [1.807, 2.05) is 19.4 Å². The van der Waals surface area contributed by atoms with Crippen LogP contribution in [0.1, 0.15) is 45.4 Å². The molecular formula is C14H23N5. The number of aryl methyl sites for hydroxylation is 1. The molecule has 5 nitrogen and oxygen atoms in total. The predicted molar refractivity (Wildman–Crippen MR) is 77.8 cm³/mol. The highest BCUT2D eigenvalue weighted by atomic mass is 15.2. The maximum atomic E-state index is 6.29. The molecule has 0 fully saturated rings. The third-order valence-electron chi connectivity index (χ3n) is 3.27. The zero-order chi connectivity index (χ0) is 14.0. The number of imidazole rings is 1. The quantitative estimate of drug-likeness (QED) is 0.900. The molecule has 0 aliphatic heterocycles. The van der Waals surface area contributed by atoms with Crippen molar-refractivity contribution in [3.63, 3.8) is 0 Å². The van der Waals surface area contributed by atoms with E-state index in [4.69, 9.17) is 10.7 Å². The topological polar surface area (TPSA) is 61.7 Å². The molecule has 2 aromatic heterocycles. The molecule has 19 heavy (non-hydrogen) atoms. The van der Waals surface area contributed by atoms with E-state index in [0.29, 0.717) is 5.92 Å². The SMILES string of the molecule is CCCCn1c(C(C)C)nc(-c2cnn(C)c2)c1N. The molecule has 0 aliphatic rings. The standard InChI is InChI=1S/C14H23N5/c1-5-6-7-19-13(15)12(17-14(19)10(2)3)11-8-16-18(4)9-11/h8-10H,5-7,15H2,1-4H3. The van der Waals surface area contributed by atoms with Crippen LogP contribution < -0.4 is 5.73 Å². The number of rotatable bonds is 5. The van der Waals surface area contributed by atoms with Gasteiger partial charge in [-0.2, -0.15) is 5.10 Å². The molecule has 2 aromatic rings. The fourth-order valence-electron chi connectivity index (χ4n) is 2.23. The zero-order valence-electron chi connectivity index (χ0n) is 12.2. The summed E-state index contributed by atoms with van der Waals surface area (Å²) in [6.07, 6.45) is 6.03. The first-order valence-corrected chi connectivity index (χ1v) is 6.89. The highest BCUT2D eigenvalue weighted by molar-refractivity contribution is 5.70. The minimum absolute atomic E-state index is 0.365. The third kappa shape index (κ3) is 2.64. The second-order valence-corrected chi connectivity index (χ2v) is 5.27.